The molecule has 0 spiro atoms. The molecule has 1 aromatic carbocycles. The summed E-state index contributed by atoms with van der Waals surface area (Å²) in [5, 5.41) is 8.40. The molecule has 0 saturated heterocycles. The van der Waals surface area contributed by atoms with E-state index in [0.717, 1.165) is 18.0 Å². The topological polar surface area (TPSA) is 31.9 Å². The highest BCUT2D eigenvalue weighted by molar-refractivity contribution is 5.82. The maximum Gasteiger partial charge on any atom is 0.0651 e. The first-order valence-corrected chi connectivity index (χ1v) is 8.69. The minimum atomic E-state index is 0.306. The predicted octanol–water partition coefficient (Wildman–Crippen LogP) is 5.00. The average Bonchev–Trinajstić information content (AvgIpc) is 2.93. The van der Waals surface area contributed by atoms with Gasteiger partial charge in [0, 0.05) is 24.2 Å². The van der Waals surface area contributed by atoms with Crippen molar-refractivity contribution in [3.8, 4) is 0 Å². The summed E-state index contributed by atoms with van der Waals surface area (Å²) in [6.07, 6.45) is 8.97. The van der Waals surface area contributed by atoms with Gasteiger partial charge in [-0.1, -0.05) is 40.0 Å². The predicted molar refractivity (Wildman–Crippen MR) is 94.3 cm³/mol. The van der Waals surface area contributed by atoms with Gasteiger partial charge in [-0.05, 0) is 42.4 Å². The normalized spacial score (nSPS) is 17.0. The van der Waals surface area contributed by atoms with Crippen LogP contribution in [0.25, 0.3) is 10.9 Å². The maximum absolute atomic E-state index is 4.15. The Balaban J connectivity index is 1.82. The fourth-order valence-corrected chi connectivity index (χ4v) is 3.64. The third-order valence-electron chi connectivity index (χ3n) is 4.66. The molecule has 1 aromatic heterocycles. The van der Waals surface area contributed by atoms with Crippen molar-refractivity contribution in [3.63, 3.8) is 0 Å². The lowest BCUT2D eigenvalue weighted by Gasteiger charge is -2.36. The summed E-state index contributed by atoms with van der Waals surface area (Å²) in [5.41, 5.74) is 2.77. The van der Waals surface area contributed by atoms with Gasteiger partial charge < -0.3 is 4.90 Å². The number of anilines is 1. The van der Waals surface area contributed by atoms with Crippen LogP contribution < -0.4 is 4.90 Å². The summed E-state index contributed by atoms with van der Waals surface area (Å²) in [6, 6.07) is 6.69. The number of benzene rings is 1. The largest absolute Gasteiger partial charge is 0.371 e. The lowest BCUT2D eigenvalue weighted by Crippen LogP contribution is -2.37. The van der Waals surface area contributed by atoms with Crippen molar-refractivity contribution in [1.82, 2.24) is 10.2 Å². The van der Waals surface area contributed by atoms with E-state index in [1.165, 1.54) is 49.7 Å². The Morgan fingerprint density at radius 3 is 2.68 bits per heavy atom. The Hall–Kier alpha value is -1.51. The van der Waals surface area contributed by atoms with Gasteiger partial charge in [0.25, 0.3) is 0 Å². The number of aromatic nitrogens is 2. The van der Waals surface area contributed by atoms with E-state index in [0.29, 0.717) is 5.41 Å². The quantitative estimate of drug-likeness (QED) is 0.862. The zero-order chi connectivity index (χ0) is 15.6. The number of nitrogens with zero attached hydrogens (tertiary/aromatic N) is 2. The molecule has 1 fully saturated rings. The van der Waals surface area contributed by atoms with Gasteiger partial charge in [-0.2, -0.15) is 5.10 Å². The number of fused-ring (bicyclic) bond motifs is 1. The zero-order valence-corrected chi connectivity index (χ0v) is 14.2. The molecule has 2 aromatic rings. The van der Waals surface area contributed by atoms with Crippen molar-refractivity contribution in [2.75, 3.05) is 18.0 Å². The van der Waals surface area contributed by atoms with Gasteiger partial charge in [-0.15, -0.1) is 0 Å². The molecule has 1 aliphatic carbocycles. The fourth-order valence-electron chi connectivity index (χ4n) is 3.64. The van der Waals surface area contributed by atoms with Crippen LogP contribution in [0.15, 0.2) is 24.4 Å². The second kappa shape index (κ2) is 6.31. The molecule has 1 saturated carbocycles. The first-order valence-electron chi connectivity index (χ1n) is 8.69. The third-order valence-corrected chi connectivity index (χ3v) is 4.66. The van der Waals surface area contributed by atoms with Crippen LogP contribution in [0.4, 0.5) is 5.69 Å². The van der Waals surface area contributed by atoms with Crippen LogP contribution in [0.1, 0.15) is 52.9 Å². The highest BCUT2D eigenvalue weighted by atomic mass is 15.1. The number of hydrogen-bond donors (Lipinski definition) is 1. The maximum atomic E-state index is 4.15. The van der Waals surface area contributed by atoms with Gasteiger partial charge >= 0.3 is 0 Å². The van der Waals surface area contributed by atoms with Crippen molar-refractivity contribution >= 4 is 16.6 Å². The highest BCUT2D eigenvalue weighted by Crippen LogP contribution is 2.30. The van der Waals surface area contributed by atoms with E-state index in [2.05, 4.69) is 54.1 Å². The van der Waals surface area contributed by atoms with Crippen molar-refractivity contribution in [1.29, 1.82) is 0 Å². The lowest BCUT2D eigenvalue weighted by molar-refractivity contribution is 0.336. The number of aromatic amines is 1. The number of hydrogen-bond acceptors (Lipinski definition) is 2. The molecule has 1 aliphatic rings. The molecular weight excluding hydrogens is 270 g/mol. The van der Waals surface area contributed by atoms with Crippen molar-refractivity contribution in [2.45, 2.75) is 52.9 Å². The van der Waals surface area contributed by atoms with E-state index < -0.39 is 0 Å². The fraction of sp³-hybridized carbons (Fsp3) is 0.632. The molecule has 0 radical (unpaired) electrons. The Bertz CT molecular complexity index is 602. The minimum absolute atomic E-state index is 0.306. The van der Waals surface area contributed by atoms with Gasteiger partial charge in [0.05, 0.1) is 11.7 Å². The summed E-state index contributed by atoms with van der Waals surface area (Å²) >= 11 is 0. The van der Waals surface area contributed by atoms with Crippen LogP contribution in [-0.4, -0.2) is 23.3 Å². The molecule has 0 amide bonds. The first kappa shape index (κ1) is 15.4. The molecule has 0 unspecified atom stereocenters. The van der Waals surface area contributed by atoms with Gasteiger partial charge in [-0.25, -0.2) is 0 Å². The summed E-state index contributed by atoms with van der Waals surface area (Å²) in [7, 11) is 0. The SMILES string of the molecule is CC(C)(C)CN(CC1CCCCC1)c1ccc2[nH]ncc2c1. The third kappa shape index (κ3) is 3.82. The molecule has 1 N–H and O–H groups in total. The first-order chi connectivity index (χ1) is 10.5. The van der Waals surface area contributed by atoms with E-state index in [-0.39, 0.29) is 0 Å². The monoisotopic (exact) mass is 299 g/mol. The van der Waals surface area contributed by atoms with Crippen LogP contribution in [0.2, 0.25) is 0 Å². The standard InChI is InChI=1S/C19H29N3/c1-19(2,3)14-22(13-15-7-5-4-6-8-15)17-9-10-18-16(11-17)12-20-21-18/h9-12,15H,4-8,13-14H2,1-3H3,(H,20,21). The summed E-state index contributed by atoms with van der Waals surface area (Å²) in [5.74, 6) is 0.858. The minimum Gasteiger partial charge on any atom is -0.371 e. The number of nitrogens with one attached hydrogen (secondary N) is 1. The van der Waals surface area contributed by atoms with E-state index in [1.54, 1.807) is 0 Å². The van der Waals surface area contributed by atoms with Crippen molar-refractivity contribution in [3.05, 3.63) is 24.4 Å². The Morgan fingerprint density at radius 1 is 1.18 bits per heavy atom. The summed E-state index contributed by atoms with van der Waals surface area (Å²) in [4.78, 5) is 2.60. The van der Waals surface area contributed by atoms with Crippen molar-refractivity contribution in [2.24, 2.45) is 11.3 Å². The van der Waals surface area contributed by atoms with E-state index in [4.69, 9.17) is 0 Å². The lowest BCUT2D eigenvalue weighted by atomic mass is 9.88. The number of rotatable bonds is 4. The van der Waals surface area contributed by atoms with Crippen LogP contribution in [0.5, 0.6) is 0 Å². The van der Waals surface area contributed by atoms with Gasteiger partial charge in [-0.3, -0.25) is 5.10 Å². The Morgan fingerprint density at radius 2 is 1.95 bits per heavy atom. The average molecular weight is 299 g/mol. The van der Waals surface area contributed by atoms with Gasteiger partial charge in [0.1, 0.15) is 0 Å². The molecule has 0 aliphatic heterocycles. The Labute approximate surface area is 134 Å². The highest BCUT2D eigenvalue weighted by Gasteiger charge is 2.22. The van der Waals surface area contributed by atoms with Gasteiger partial charge in [0.15, 0.2) is 0 Å². The molecule has 3 nitrogen and oxygen atoms in total. The zero-order valence-electron chi connectivity index (χ0n) is 14.2. The summed E-state index contributed by atoms with van der Waals surface area (Å²) < 4.78 is 0. The number of H-pyrrole nitrogens is 1. The van der Waals surface area contributed by atoms with Crippen LogP contribution in [-0.2, 0) is 0 Å². The second-order valence-electron chi connectivity index (χ2n) is 8.09. The van der Waals surface area contributed by atoms with Crippen LogP contribution in [0, 0.1) is 11.3 Å². The molecule has 22 heavy (non-hydrogen) atoms. The van der Waals surface area contributed by atoms with Crippen molar-refractivity contribution < 1.29 is 0 Å². The van der Waals surface area contributed by atoms with Crippen LogP contribution >= 0.6 is 0 Å². The molecule has 0 bridgehead atoms. The van der Waals surface area contributed by atoms with Crippen LogP contribution in [0.3, 0.4) is 0 Å². The summed E-state index contributed by atoms with van der Waals surface area (Å²) in [6.45, 7) is 9.29. The van der Waals surface area contributed by atoms with E-state index in [1.807, 2.05) is 6.20 Å². The molecule has 120 valence electrons. The second-order valence-corrected chi connectivity index (χ2v) is 8.09. The van der Waals surface area contributed by atoms with Gasteiger partial charge in [0.2, 0.25) is 0 Å². The Kier molecular flexibility index (Phi) is 4.42. The molecule has 1 heterocycles. The van der Waals surface area contributed by atoms with E-state index >= 15 is 0 Å². The smallest absolute Gasteiger partial charge is 0.0651 e. The molecule has 0 atom stereocenters. The van der Waals surface area contributed by atoms with E-state index in [9.17, 15) is 0 Å². The molecule has 3 rings (SSSR count). The molecule has 3 heteroatoms. The molecular formula is C19H29N3.